The largest absolute Gasteiger partial charge is 0.422 e. The van der Waals surface area contributed by atoms with Gasteiger partial charge in [0.25, 0.3) is 5.91 Å². The molecule has 0 saturated carbocycles. The van der Waals surface area contributed by atoms with Crippen molar-refractivity contribution >= 4 is 16.9 Å². The number of fused-ring (bicyclic) bond motifs is 1. The van der Waals surface area contributed by atoms with Crippen LogP contribution in [0.15, 0.2) is 44.3 Å². The number of rotatable bonds is 3. The van der Waals surface area contributed by atoms with Crippen LogP contribution in [0.3, 0.4) is 0 Å². The van der Waals surface area contributed by atoms with Crippen LogP contribution in [0.2, 0.25) is 0 Å². The molecular formula is C21H24N4O4. The number of nitrogens with zero attached hydrogens (tertiary/aromatic N) is 4. The molecular weight excluding hydrogens is 372 g/mol. The lowest BCUT2D eigenvalue weighted by Gasteiger charge is -2.32. The summed E-state index contributed by atoms with van der Waals surface area (Å²) < 4.78 is 8.35. The predicted molar refractivity (Wildman–Crippen MR) is 108 cm³/mol. The van der Waals surface area contributed by atoms with Gasteiger partial charge >= 0.3 is 11.3 Å². The molecule has 8 nitrogen and oxygen atoms in total. The molecule has 1 fully saturated rings. The Hall–Kier alpha value is -3.16. The van der Waals surface area contributed by atoms with Gasteiger partial charge in [0, 0.05) is 37.5 Å². The number of piperidine rings is 1. The van der Waals surface area contributed by atoms with Crippen LogP contribution in [-0.2, 0) is 7.05 Å². The monoisotopic (exact) mass is 396 g/mol. The van der Waals surface area contributed by atoms with Crippen molar-refractivity contribution in [3.63, 3.8) is 0 Å². The van der Waals surface area contributed by atoms with E-state index < -0.39 is 5.63 Å². The van der Waals surface area contributed by atoms with Crippen molar-refractivity contribution in [2.45, 2.75) is 38.6 Å². The quantitative estimate of drug-likeness (QED) is 0.634. The molecule has 4 rings (SSSR count). The van der Waals surface area contributed by atoms with Gasteiger partial charge in [-0.3, -0.25) is 9.36 Å². The van der Waals surface area contributed by atoms with Gasteiger partial charge in [0.2, 0.25) is 0 Å². The smallest absolute Gasteiger partial charge is 0.349 e. The molecule has 1 aliphatic heterocycles. The summed E-state index contributed by atoms with van der Waals surface area (Å²) >= 11 is 0. The van der Waals surface area contributed by atoms with Gasteiger partial charge in [0.05, 0.1) is 0 Å². The van der Waals surface area contributed by atoms with Gasteiger partial charge in [0.1, 0.15) is 17.0 Å². The summed E-state index contributed by atoms with van der Waals surface area (Å²) in [4.78, 5) is 39.6. The molecule has 0 radical (unpaired) electrons. The van der Waals surface area contributed by atoms with Crippen LogP contribution in [0, 0.1) is 0 Å². The highest BCUT2D eigenvalue weighted by atomic mass is 16.4. The van der Waals surface area contributed by atoms with Crippen LogP contribution in [0.1, 0.15) is 54.8 Å². The van der Waals surface area contributed by atoms with Crippen LogP contribution < -0.4 is 11.3 Å². The van der Waals surface area contributed by atoms with Gasteiger partial charge in [-0.15, -0.1) is 0 Å². The first kappa shape index (κ1) is 19.2. The third kappa shape index (κ3) is 3.39. The molecule has 1 aromatic carbocycles. The van der Waals surface area contributed by atoms with Gasteiger partial charge in [-0.1, -0.05) is 18.2 Å². The number of likely N-dealkylation sites (tertiary alicyclic amines) is 1. The fourth-order valence-corrected chi connectivity index (χ4v) is 4.02. The van der Waals surface area contributed by atoms with E-state index in [2.05, 4.69) is 5.10 Å². The normalized spacial score (nSPS) is 17.2. The fourth-order valence-electron chi connectivity index (χ4n) is 4.02. The SMILES string of the molecule is CC(C)n1c(C2CCCN(C(=O)c3cc4ccccc4oc3=O)C2)nn(C)c1=O. The van der Waals surface area contributed by atoms with Gasteiger partial charge in [-0.05, 0) is 38.8 Å². The van der Waals surface area contributed by atoms with Gasteiger partial charge in [0.15, 0.2) is 0 Å². The minimum Gasteiger partial charge on any atom is -0.422 e. The molecule has 0 N–H and O–H groups in total. The number of hydrogen-bond donors (Lipinski definition) is 0. The topological polar surface area (TPSA) is 90.3 Å². The minimum atomic E-state index is -0.632. The van der Waals surface area contributed by atoms with E-state index in [1.807, 2.05) is 26.0 Å². The lowest BCUT2D eigenvalue weighted by atomic mass is 9.96. The van der Waals surface area contributed by atoms with E-state index >= 15 is 0 Å². The molecule has 1 unspecified atom stereocenters. The molecule has 1 atom stereocenters. The molecule has 152 valence electrons. The highest BCUT2D eigenvalue weighted by Crippen LogP contribution is 2.27. The highest BCUT2D eigenvalue weighted by molar-refractivity contribution is 5.96. The predicted octanol–water partition coefficient (Wildman–Crippen LogP) is 2.29. The zero-order valence-corrected chi connectivity index (χ0v) is 16.8. The standard InChI is InChI=1S/C21H24N4O4/c1-13(2)25-18(22-23(3)21(25)28)15-8-6-10-24(12-15)19(26)16-11-14-7-4-5-9-17(14)29-20(16)27/h4-5,7,9,11,13,15H,6,8,10,12H2,1-3H3. The lowest BCUT2D eigenvalue weighted by Crippen LogP contribution is -2.41. The molecule has 1 saturated heterocycles. The third-order valence-corrected chi connectivity index (χ3v) is 5.44. The lowest BCUT2D eigenvalue weighted by molar-refractivity contribution is 0.0698. The number of benzene rings is 1. The highest BCUT2D eigenvalue weighted by Gasteiger charge is 2.31. The summed E-state index contributed by atoms with van der Waals surface area (Å²) in [7, 11) is 1.64. The Morgan fingerprint density at radius 2 is 2.00 bits per heavy atom. The maximum Gasteiger partial charge on any atom is 0.349 e. The van der Waals surface area contributed by atoms with Crippen LogP contribution in [0.25, 0.3) is 11.0 Å². The molecule has 1 aliphatic rings. The Bertz CT molecular complexity index is 1190. The Kier molecular flexibility index (Phi) is 4.86. The first-order valence-electron chi connectivity index (χ1n) is 9.84. The summed E-state index contributed by atoms with van der Waals surface area (Å²) in [5.74, 6) is 0.288. The second kappa shape index (κ2) is 7.35. The van der Waals surface area contributed by atoms with E-state index in [0.717, 1.165) is 12.8 Å². The van der Waals surface area contributed by atoms with E-state index in [9.17, 15) is 14.4 Å². The molecule has 3 aromatic rings. The molecule has 0 aliphatic carbocycles. The molecule has 0 bridgehead atoms. The van der Waals surface area contributed by atoms with Gasteiger partial charge in [-0.25, -0.2) is 14.3 Å². The van der Waals surface area contributed by atoms with Crippen molar-refractivity contribution < 1.29 is 9.21 Å². The average Bonchev–Trinajstić information content (AvgIpc) is 3.02. The first-order chi connectivity index (χ1) is 13.9. The van der Waals surface area contributed by atoms with Crippen molar-refractivity contribution in [3.05, 3.63) is 62.6 Å². The van der Waals surface area contributed by atoms with Crippen LogP contribution in [0.4, 0.5) is 0 Å². The Balaban J connectivity index is 1.65. The number of carbonyl (C=O) groups excluding carboxylic acids is 1. The summed E-state index contributed by atoms with van der Waals surface area (Å²) in [6, 6.07) is 8.70. The number of hydrogen-bond acceptors (Lipinski definition) is 5. The van der Waals surface area contributed by atoms with Gasteiger partial charge < -0.3 is 9.32 Å². The Morgan fingerprint density at radius 3 is 2.76 bits per heavy atom. The number of aryl methyl sites for hydroxylation is 1. The van der Waals surface area contributed by atoms with Crippen LogP contribution in [-0.4, -0.2) is 38.2 Å². The van der Waals surface area contributed by atoms with Crippen molar-refractivity contribution in [2.24, 2.45) is 7.05 Å². The summed E-state index contributed by atoms with van der Waals surface area (Å²) in [6.07, 6.45) is 1.61. The van der Waals surface area contributed by atoms with Crippen molar-refractivity contribution in [1.82, 2.24) is 19.2 Å². The molecule has 0 spiro atoms. The van der Waals surface area contributed by atoms with Crippen LogP contribution in [0.5, 0.6) is 0 Å². The van der Waals surface area contributed by atoms with Crippen molar-refractivity contribution in [3.8, 4) is 0 Å². The van der Waals surface area contributed by atoms with E-state index in [0.29, 0.717) is 29.9 Å². The summed E-state index contributed by atoms with van der Waals surface area (Å²) in [5.41, 5.74) is -0.298. The number of aromatic nitrogens is 3. The Labute approximate surface area is 167 Å². The van der Waals surface area contributed by atoms with Crippen molar-refractivity contribution in [1.29, 1.82) is 0 Å². The number of carbonyl (C=O) groups is 1. The molecule has 1 amide bonds. The maximum atomic E-state index is 13.1. The Morgan fingerprint density at radius 1 is 1.24 bits per heavy atom. The van der Waals surface area contributed by atoms with E-state index in [1.54, 1.807) is 34.7 Å². The third-order valence-electron chi connectivity index (χ3n) is 5.44. The zero-order chi connectivity index (χ0) is 20.7. The van der Waals surface area contributed by atoms with E-state index in [-0.39, 0.29) is 29.1 Å². The molecule has 3 heterocycles. The average molecular weight is 396 g/mol. The van der Waals surface area contributed by atoms with E-state index in [4.69, 9.17) is 4.42 Å². The van der Waals surface area contributed by atoms with Crippen molar-refractivity contribution in [2.75, 3.05) is 13.1 Å². The molecule has 29 heavy (non-hydrogen) atoms. The fraction of sp³-hybridized carbons (Fsp3) is 0.429. The molecule has 8 heteroatoms. The molecule has 2 aromatic heterocycles. The maximum absolute atomic E-state index is 13.1. The number of para-hydroxylation sites is 1. The van der Waals surface area contributed by atoms with Gasteiger partial charge in [-0.2, -0.15) is 5.10 Å². The first-order valence-corrected chi connectivity index (χ1v) is 9.84. The summed E-state index contributed by atoms with van der Waals surface area (Å²) in [6.45, 7) is 4.85. The second-order valence-corrected chi connectivity index (χ2v) is 7.80. The van der Waals surface area contributed by atoms with E-state index in [1.165, 1.54) is 4.68 Å². The van der Waals surface area contributed by atoms with Crippen LogP contribution >= 0.6 is 0 Å². The second-order valence-electron chi connectivity index (χ2n) is 7.80. The summed E-state index contributed by atoms with van der Waals surface area (Å²) in [5, 5.41) is 5.14. The zero-order valence-electron chi connectivity index (χ0n) is 16.8. The minimum absolute atomic E-state index is 0.0233. The number of amides is 1.